The number of hydrogen-bond donors (Lipinski definition) is 1. The van der Waals surface area contributed by atoms with Gasteiger partial charge in [0.15, 0.2) is 0 Å². The summed E-state index contributed by atoms with van der Waals surface area (Å²) in [6, 6.07) is 4.04. The highest BCUT2D eigenvalue weighted by Crippen LogP contribution is 2.24. The Balaban J connectivity index is 3.52. The van der Waals surface area contributed by atoms with Crippen LogP contribution in [0.5, 0.6) is 0 Å². The molecule has 0 spiro atoms. The van der Waals surface area contributed by atoms with Crippen molar-refractivity contribution in [1.82, 2.24) is 0 Å². The van der Waals surface area contributed by atoms with Crippen molar-refractivity contribution in [3.63, 3.8) is 0 Å². The van der Waals surface area contributed by atoms with Crippen LogP contribution in [0.3, 0.4) is 0 Å². The van der Waals surface area contributed by atoms with Crippen molar-refractivity contribution in [2.24, 2.45) is 5.73 Å². The predicted molar refractivity (Wildman–Crippen MR) is 57.0 cm³/mol. The summed E-state index contributed by atoms with van der Waals surface area (Å²) in [6.45, 7) is -0.152. The average molecular weight is 235 g/mol. The van der Waals surface area contributed by atoms with Crippen molar-refractivity contribution in [3.8, 4) is 6.07 Å². The molecule has 1 aromatic rings. The van der Waals surface area contributed by atoms with Gasteiger partial charge in [0.2, 0.25) is 0 Å². The molecular formula is C10H9N3O4. The fourth-order valence-corrected chi connectivity index (χ4v) is 1.37. The second kappa shape index (κ2) is 5.05. The number of carbonyl (C=O) groups is 1. The van der Waals surface area contributed by atoms with Gasteiger partial charge in [0.1, 0.15) is 0 Å². The minimum Gasteiger partial charge on any atom is -0.465 e. The number of nitrogens with zero attached hydrogens (tertiary/aromatic N) is 2. The molecule has 0 amide bonds. The molecule has 7 heteroatoms. The van der Waals surface area contributed by atoms with Crippen LogP contribution < -0.4 is 5.73 Å². The Bertz CT molecular complexity index is 519. The zero-order valence-corrected chi connectivity index (χ0v) is 8.97. The van der Waals surface area contributed by atoms with Crippen LogP contribution in [-0.2, 0) is 11.3 Å². The van der Waals surface area contributed by atoms with Crippen LogP contribution in [0, 0.1) is 21.4 Å². The summed E-state index contributed by atoms with van der Waals surface area (Å²) < 4.78 is 4.44. The molecule has 0 saturated carbocycles. The first-order valence-electron chi connectivity index (χ1n) is 4.55. The number of nitro benzene ring substituents is 1. The van der Waals surface area contributed by atoms with Crippen LogP contribution >= 0.6 is 0 Å². The molecule has 0 bridgehead atoms. The van der Waals surface area contributed by atoms with E-state index in [-0.39, 0.29) is 28.9 Å². The van der Waals surface area contributed by atoms with Gasteiger partial charge in [0, 0.05) is 12.6 Å². The first-order chi connectivity index (χ1) is 8.04. The summed E-state index contributed by atoms with van der Waals surface area (Å²) in [4.78, 5) is 21.4. The van der Waals surface area contributed by atoms with E-state index in [1.165, 1.54) is 6.07 Å². The van der Waals surface area contributed by atoms with Gasteiger partial charge < -0.3 is 10.5 Å². The van der Waals surface area contributed by atoms with Crippen molar-refractivity contribution in [2.45, 2.75) is 6.54 Å². The van der Waals surface area contributed by atoms with E-state index in [4.69, 9.17) is 11.0 Å². The predicted octanol–water partition coefficient (Wildman–Crippen LogP) is 0.712. The highest BCUT2D eigenvalue weighted by molar-refractivity contribution is 5.91. The molecule has 0 aromatic heterocycles. The lowest BCUT2D eigenvalue weighted by Crippen LogP contribution is -2.09. The molecule has 0 aliphatic rings. The molecule has 0 unspecified atom stereocenters. The van der Waals surface area contributed by atoms with Gasteiger partial charge in [-0.2, -0.15) is 5.26 Å². The second-order valence-corrected chi connectivity index (χ2v) is 3.09. The Morgan fingerprint density at radius 1 is 1.65 bits per heavy atom. The normalized spacial score (nSPS) is 9.47. The third-order valence-corrected chi connectivity index (χ3v) is 2.17. The maximum atomic E-state index is 11.3. The van der Waals surface area contributed by atoms with E-state index in [1.54, 1.807) is 6.07 Å². The number of benzene rings is 1. The fraction of sp³-hybridized carbons (Fsp3) is 0.200. The Labute approximate surface area is 96.6 Å². The zero-order chi connectivity index (χ0) is 13.0. The monoisotopic (exact) mass is 235 g/mol. The molecule has 88 valence electrons. The Kier molecular flexibility index (Phi) is 3.74. The smallest absolute Gasteiger partial charge is 0.338 e. The maximum absolute atomic E-state index is 11.3. The topological polar surface area (TPSA) is 119 Å². The van der Waals surface area contributed by atoms with E-state index in [0.29, 0.717) is 0 Å². The largest absolute Gasteiger partial charge is 0.465 e. The number of nitriles is 1. The maximum Gasteiger partial charge on any atom is 0.338 e. The van der Waals surface area contributed by atoms with Gasteiger partial charge in [-0.05, 0) is 6.07 Å². The van der Waals surface area contributed by atoms with Crippen molar-refractivity contribution in [3.05, 3.63) is 38.9 Å². The summed E-state index contributed by atoms with van der Waals surface area (Å²) >= 11 is 0. The van der Waals surface area contributed by atoms with Crippen molar-refractivity contribution >= 4 is 11.7 Å². The van der Waals surface area contributed by atoms with Gasteiger partial charge in [-0.1, -0.05) is 0 Å². The van der Waals surface area contributed by atoms with Crippen LogP contribution in [0.25, 0.3) is 0 Å². The molecule has 17 heavy (non-hydrogen) atoms. The van der Waals surface area contributed by atoms with Crippen molar-refractivity contribution in [1.29, 1.82) is 5.26 Å². The number of nitrogens with two attached hydrogens (primary N) is 1. The van der Waals surface area contributed by atoms with Gasteiger partial charge >= 0.3 is 5.97 Å². The zero-order valence-electron chi connectivity index (χ0n) is 8.97. The van der Waals surface area contributed by atoms with E-state index in [2.05, 4.69) is 4.74 Å². The molecule has 0 radical (unpaired) electrons. The summed E-state index contributed by atoms with van der Waals surface area (Å²) in [7, 11) is 1.15. The molecule has 0 aliphatic heterocycles. The van der Waals surface area contributed by atoms with Gasteiger partial charge in [-0.25, -0.2) is 4.79 Å². The number of rotatable bonds is 3. The van der Waals surface area contributed by atoms with Crippen LogP contribution in [-0.4, -0.2) is 18.0 Å². The summed E-state index contributed by atoms with van der Waals surface area (Å²) in [6.07, 6.45) is 0. The number of hydrogen-bond acceptors (Lipinski definition) is 6. The molecule has 7 nitrogen and oxygen atoms in total. The lowest BCUT2D eigenvalue weighted by molar-refractivity contribution is -0.385. The molecule has 0 aliphatic carbocycles. The molecule has 0 atom stereocenters. The second-order valence-electron chi connectivity index (χ2n) is 3.09. The molecule has 1 rings (SSSR count). The van der Waals surface area contributed by atoms with E-state index < -0.39 is 10.9 Å². The van der Waals surface area contributed by atoms with Crippen LogP contribution in [0.15, 0.2) is 12.1 Å². The minimum atomic E-state index is -0.742. The molecular weight excluding hydrogens is 226 g/mol. The first-order valence-corrected chi connectivity index (χ1v) is 4.55. The standard InChI is InChI=1S/C10H9N3O4/c1-17-10(14)6-2-7(4-11)8(5-12)9(3-6)13(15)16/h2-3H,5,12H2,1H3. The lowest BCUT2D eigenvalue weighted by Gasteiger charge is -2.05. The number of carbonyl (C=O) groups excluding carboxylic acids is 1. The molecule has 2 N–H and O–H groups in total. The van der Waals surface area contributed by atoms with Crippen molar-refractivity contribution in [2.75, 3.05) is 7.11 Å². The third kappa shape index (κ3) is 2.38. The Morgan fingerprint density at radius 2 is 2.29 bits per heavy atom. The van der Waals surface area contributed by atoms with Gasteiger partial charge in [0.05, 0.1) is 34.8 Å². The fourth-order valence-electron chi connectivity index (χ4n) is 1.37. The minimum absolute atomic E-state index is 0.00194. The van der Waals surface area contributed by atoms with E-state index in [9.17, 15) is 14.9 Å². The number of nitro groups is 1. The molecule has 1 aromatic carbocycles. The number of methoxy groups -OCH3 is 1. The summed E-state index contributed by atoms with van der Waals surface area (Å²) in [5.74, 6) is -0.742. The number of esters is 1. The Hall–Kier alpha value is -2.46. The Morgan fingerprint density at radius 3 is 2.71 bits per heavy atom. The highest BCUT2D eigenvalue weighted by Gasteiger charge is 2.21. The lowest BCUT2D eigenvalue weighted by atomic mass is 10.0. The van der Waals surface area contributed by atoms with Gasteiger partial charge in [-0.3, -0.25) is 10.1 Å². The van der Waals surface area contributed by atoms with Gasteiger partial charge in [-0.15, -0.1) is 0 Å². The van der Waals surface area contributed by atoms with Crippen LogP contribution in [0.1, 0.15) is 21.5 Å². The third-order valence-electron chi connectivity index (χ3n) is 2.17. The SMILES string of the molecule is COC(=O)c1cc(C#N)c(CN)c([N+](=O)[O-])c1. The highest BCUT2D eigenvalue weighted by atomic mass is 16.6. The average Bonchev–Trinajstić information content (AvgIpc) is 2.35. The van der Waals surface area contributed by atoms with E-state index >= 15 is 0 Å². The molecule has 0 heterocycles. The summed E-state index contributed by atoms with van der Waals surface area (Å²) in [5, 5.41) is 19.7. The van der Waals surface area contributed by atoms with E-state index in [0.717, 1.165) is 13.2 Å². The quantitative estimate of drug-likeness (QED) is 0.468. The van der Waals surface area contributed by atoms with Crippen LogP contribution in [0.4, 0.5) is 5.69 Å². The molecule has 0 fully saturated rings. The van der Waals surface area contributed by atoms with Crippen LogP contribution in [0.2, 0.25) is 0 Å². The van der Waals surface area contributed by atoms with Crippen molar-refractivity contribution < 1.29 is 14.5 Å². The molecule has 0 saturated heterocycles. The van der Waals surface area contributed by atoms with Gasteiger partial charge in [0.25, 0.3) is 5.69 Å². The number of ether oxygens (including phenoxy) is 1. The van der Waals surface area contributed by atoms with E-state index in [1.807, 2.05) is 0 Å². The first kappa shape index (κ1) is 12.6. The summed E-state index contributed by atoms with van der Waals surface area (Å²) in [5.41, 5.74) is 5.05.